The fourth-order valence-electron chi connectivity index (χ4n) is 3.56. The van der Waals surface area contributed by atoms with Crippen LogP contribution in [-0.4, -0.2) is 48.4 Å². The number of anilines is 1. The van der Waals surface area contributed by atoms with Crippen LogP contribution in [-0.2, 0) is 0 Å². The first-order valence-electron chi connectivity index (χ1n) is 9.84. The number of para-hydroxylation sites is 2. The quantitative estimate of drug-likeness (QED) is 0.646. The van der Waals surface area contributed by atoms with Crippen molar-refractivity contribution in [2.24, 2.45) is 0 Å². The van der Waals surface area contributed by atoms with Gasteiger partial charge in [0.2, 0.25) is 0 Å². The average molecular weight is 425 g/mol. The molecule has 1 unspecified atom stereocenters. The Morgan fingerprint density at radius 3 is 2.67 bits per heavy atom. The third-order valence-electron chi connectivity index (χ3n) is 5.18. The predicted molar refractivity (Wildman–Crippen MR) is 117 cm³/mol. The lowest BCUT2D eigenvalue weighted by Gasteiger charge is -2.31. The maximum absolute atomic E-state index is 12.8. The molecule has 1 aliphatic rings. The third kappa shape index (κ3) is 4.38. The maximum Gasteiger partial charge on any atom is 0.321 e. The zero-order valence-electron chi connectivity index (χ0n) is 17.0. The summed E-state index contributed by atoms with van der Waals surface area (Å²) in [5, 5.41) is 13.6. The predicted octanol–water partition coefficient (Wildman–Crippen LogP) is 4.63. The van der Waals surface area contributed by atoms with E-state index in [9.17, 15) is 4.79 Å². The van der Waals surface area contributed by atoms with E-state index in [0.29, 0.717) is 18.0 Å². The van der Waals surface area contributed by atoms with Gasteiger partial charge in [-0.05, 0) is 49.2 Å². The summed E-state index contributed by atoms with van der Waals surface area (Å²) in [7, 11) is 3.24. The van der Waals surface area contributed by atoms with Crippen LogP contribution in [0.1, 0.15) is 23.8 Å². The molecule has 1 aliphatic heterocycles. The lowest BCUT2D eigenvalue weighted by molar-refractivity contribution is 0.192. The van der Waals surface area contributed by atoms with Crippen LogP contribution >= 0.6 is 11.3 Å². The zero-order chi connectivity index (χ0) is 20.9. The summed E-state index contributed by atoms with van der Waals surface area (Å²) in [5.74, 6) is 1.65. The molecule has 1 N–H and O–H groups in total. The van der Waals surface area contributed by atoms with Gasteiger partial charge >= 0.3 is 6.03 Å². The van der Waals surface area contributed by atoms with Gasteiger partial charge in [-0.25, -0.2) is 4.79 Å². The van der Waals surface area contributed by atoms with Gasteiger partial charge < -0.3 is 19.7 Å². The monoisotopic (exact) mass is 424 g/mol. The summed E-state index contributed by atoms with van der Waals surface area (Å²) < 4.78 is 10.5. The Balaban J connectivity index is 1.43. The van der Waals surface area contributed by atoms with E-state index in [1.54, 1.807) is 25.6 Å². The van der Waals surface area contributed by atoms with Crippen molar-refractivity contribution in [3.8, 4) is 22.1 Å². The molecular formula is C22H24N4O3S. The summed E-state index contributed by atoms with van der Waals surface area (Å²) >= 11 is 1.59. The highest BCUT2D eigenvalue weighted by Crippen LogP contribution is 2.33. The smallest absolute Gasteiger partial charge is 0.321 e. The summed E-state index contributed by atoms with van der Waals surface area (Å²) in [6, 6.07) is 15.1. The van der Waals surface area contributed by atoms with Crippen LogP contribution in [0.25, 0.3) is 10.6 Å². The summed E-state index contributed by atoms with van der Waals surface area (Å²) in [4.78, 5) is 14.7. The van der Waals surface area contributed by atoms with E-state index in [1.807, 2.05) is 53.4 Å². The molecule has 1 aromatic heterocycles. The Morgan fingerprint density at radius 1 is 1.10 bits per heavy atom. The van der Waals surface area contributed by atoms with Crippen molar-refractivity contribution in [3.05, 3.63) is 53.5 Å². The van der Waals surface area contributed by atoms with Crippen LogP contribution in [0, 0.1) is 0 Å². The van der Waals surface area contributed by atoms with Gasteiger partial charge in [-0.15, -0.1) is 10.2 Å². The molecule has 2 amide bonds. The van der Waals surface area contributed by atoms with E-state index >= 15 is 0 Å². The van der Waals surface area contributed by atoms with Crippen LogP contribution in [0.4, 0.5) is 10.5 Å². The average Bonchev–Trinajstić information content (AvgIpc) is 3.30. The molecule has 8 heteroatoms. The molecule has 0 spiro atoms. The summed E-state index contributed by atoms with van der Waals surface area (Å²) in [5.41, 5.74) is 1.69. The number of benzene rings is 2. The molecular weight excluding hydrogens is 400 g/mol. The second-order valence-electron chi connectivity index (χ2n) is 7.09. The molecule has 0 aliphatic carbocycles. The largest absolute Gasteiger partial charge is 0.497 e. The first kappa shape index (κ1) is 20.2. The van der Waals surface area contributed by atoms with Gasteiger partial charge in [-0.2, -0.15) is 0 Å². The molecule has 7 nitrogen and oxygen atoms in total. The highest BCUT2D eigenvalue weighted by molar-refractivity contribution is 7.14. The molecule has 2 aromatic carbocycles. The number of nitrogens with one attached hydrogen (secondary N) is 1. The fraction of sp³-hybridized carbons (Fsp3) is 0.318. The normalized spacial score (nSPS) is 16.2. The van der Waals surface area contributed by atoms with E-state index < -0.39 is 0 Å². The Hall–Kier alpha value is -3.13. The van der Waals surface area contributed by atoms with E-state index in [2.05, 4.69) is 15.5 Å². The van der Waals surface area contributed by atoms with Crippen LogP contribution in [0.5, 0.6) is 11.5 Å². The number of urea groups is 1. The highest BCUT2D eigenvalue weighted by Gasteiger charge is 2.27. The molecule has 1 fully saturated rings. The number of piperidine rings is 1. The number of hydrogen-bond acceptors (Lipinski definition) is 6. The summed E-state index contributed by atoms with van der Waals surface area (Å²) in [6.45, 7) is 1.35. The molecule has 156 valence electrons. The first-order valence-corrected chi connectivity index (χ1v) is 10.7. The number of hydrogen-bond donors (Lipinski definition) is 1. The van der Waals surface area contributed by atoms with Gasteiger partial charge in [-0.3, -0.25) is 0 Å². The second kappa shape index (κ2) is 9.13. The maximum atomic E-state index is 12.8. The molecule has 4 rings (SSSR count). The number of carbonyl (C=O) groups is 1. The molecule has 2 heterocycles. The van der Waals surface area contributed by atoms with Crippen molar-refractivity contribution in [1.29, 1.82) is 0 Å². The second-order valence-corrected chi connectivity index (χ2v) is 8.10. The first-order chi connectivity index (χ1) is 14.7. The van der Waals surface area contributed by atoms with Gasteiger partial charge in [0, 0.05) is 24.6 Å². The number of amides is 2. The Labute approximate surface area is 179 Å². The minimum Gasteiger partial charge on any atom is -0.497 e. The number of ether oxygens (including phenoxy) is 2. The van der Waals surface area contributed by atoms with Gasteiger partial charge in [0.15, 0.2) is 0 Å². The molecule has 0 bridgehead atoms. The highest BCUT2D eigenvalue weighted by atomic mass is 32.1. The number of likely N-dealkylation sites (tertiary alicyclic amines) is 1. The van der Waals surface area contributed by atoms with Crippen molar-refractivity contribution in [3.63, 3.8) is 0 Å². The van der Waals surface area contributed by atoms with Crippen molar-refractivity contribution in [1.82, 2.24) is 15.1 Å². The van der Waals surface area contributed by atoms with Crippen molar-refractivity contribution in [2.45, 2.75) is 18.8 Å². The Morgan fingerprint density at radius 2 is 1.90 bits per heavy atom. The van der Waals surface area contributed by atoms with Crippen molar-refractivity contribution >= 4 is 23.1 Å². The van der Waals surface area contributed by atoms with Gasteiger partial charge in [0.1, 0.15) is 21.5 Å². The Bertz CT molecular complexity index is 1010. The molecule has 0 radical (unpaired) electrons. The molecule has 1 atom stereocenters. The third-order valence-corrected chi connectivity index (χ3v) is 6.32. The van der Waals surface area contributed by atoms with Crippen LogP contribution in [0.15, 0.2) is 48.5 Å². The standard InChI is InChI=1S/C22H24N4O3S/c1-28-17-11-9-15(10-12-17)20-24-25-21(30-20)16-6-5-13-26(14-16)22(27)23-18-7-3-4-8-19(18)29-2/h3-4,7-12,16H,5-6,13-14H2,1-2H3,(H,23,27). The number of methoxy groups -OCH3 is 2. The van der Waals surface area contributed by atoms with Gasteiger partial charge in [0.25, 0.3) is 0 Å². The Kier molecular flexibility index (Phi) is 6.13. The SMILES string of the molecule is COc1ccc(-c2nnc(C3CCCN(C(=O)Nc4ccccc4OC)C3)s2)cc1. The van der Waals surface area contributed by atoms with Gasteiger partial charge in [0.05, 0.1) is 19.9 Å². The van der Waals surface area contributed by atoms with Crippen LogP contribution < -0.4 is 14.8 Å². The topological polar surface area (TPSA) is 76.6 Å². The van der Waals surface area contributed by atoms with Gasteiger partial charge in [-0.1, -0.05) is 23.5 Å². The molecule has 0 saturated carbocycles. The number of aromatic nitrogens is 2. The fourth-order valence-corrected chi connectivity index (χ4v) is 4.53. The minimum atomic E-state index is -0.121. The summed E-state index contributed by atoms with van der Waals surface area (Å²) in [6.07, 6.45) is 1.93. The lowest BCUT2D eigenvalue weighted by atomic mass is 9.99. The number of nitrogens with zero attached hydrogens (tertiary/aromatic N) is 3. The minimum absolute atomic E-state index is 0.121. The van der Waals surface area contributed by atoms with E-state index in [1.165, 1.54) is 0 Å². The molecule has 1 saturated heterocycles. The van der Waals surface area contributed by atoms with E-state index in [0.717, 1.165) is 40.7 Å². The van der Waals surface area contributed by atoms with E-state index in [4.69, 9.17) is 9.47 Å². The van der Waals surface area contributed by atoms with E-state index in [-0.39, 0.29) is 11.9 Å². The number of carbonyl (C=O) groups excluding carboxylic acids is 1. The van der Waals surface area contributed by atoms with Crippen LogP contribution in [0.3, 0.4) is 0 Å². The zero-order valence-corrected chi connectivity index (χ0v) is 17.8. The number of rotatable bonds is 5. The van der Waals surface area contributed by atoms with Crippen molar-refractivity contribution < 1.29 is 14.3 Å². The molecule has 3 aromatic rings. The lowest BCUT2D eigenvalue weighted by Crippen LogP contribution is -2.41. The molecule has 30 heavy (non-hydrogen) atoms. The van der Waals surface area contributed by atoms with Crippen LogP contribution in [0.2, 0.25) is 0 Å². The van der Waals surface area contributed by atoms with Crippen molar-refractivity contribution in [2.75, 3.05) is 32.6 Å².